The van der Waals surface area contributed by atoms with Crippen molar-refractivity contribution < 1.29 is 9.13 Å². The molecule has 0 amide bonds. The van der Waals surface area contributed by atoms with E-state index in [0.29, 0.717) is 12.2 Å². The van der Waals surface area contributed by atoms with Crippen LogP contribution in [0.1, 0.15) is 12.0 Å². The second-order valence-electron chi connectivity index (χ2n) is 2.65. The van der Waals surface area contributed by atoms with Gasteiger partial charge in [-0.05, 0) is 12.1 Å². The van der Waals surface area contributed by atoms with Crippen molar-refractivity contribution >= 4 is 6.08 Å². The fraction of sp³-hybridized carbons (Fsp3) is 0.182. The predicted octanol–water partition coefficient (Wildman–Crippen LogP) is 2.76. The van der Waals surface area contributed by atoms with Crippen molar-refractivity contribution in [2.45, 2.75) is 6.42 Å². The Labute approximate surface area is 82.2 Å². The van der Waals surface area contributed by atoms with Crippen LogP contribution in [0.5, 0.6) is 5.75 Å². The first-order valence-electron chi connectivity index (χ1n) is 4.15. The number of allylic oxidation sites excluding steroid dienone is 1. The third-order valence-electron chi connectivity index (χ3n) is 1.70. The molecule has 0 aliphatic carbocycles. The van der Waals surface area contributed by atoms with Crippen molar-refractivity contribution in [3.05, 3.63) is 35.7 Å². The van der Waals surface area contributed by atoms with Gasteiger partial charge in [-0.2, -0.15) is 5.26 Å². The summed E-state index contributed by atoms with van der Waals surface area (Å²) >= 11 is 0. The first-order chi connectivity index (χ1) is 6.77. The topological polar surface area (TPSA) is 33.0 Å². The third-order valence-corrected chi connectivity index (χ3v) is 1.70. The smallest absolute Gasteiger partial charge is 0.128 e. The second-order valence-corrected chi connectivity index (χ2v) is 2.65. The van der Waals surface area contributed by atoms with Gasteiger partial charge in [0, 0.05) is 11.6 Å². The second kappa shape index (κ2) is 5.03. The highest BCUT2D eigenvalue weighted by molar-refractivity contribution is 5.57. The van der Waals surface area contributed by atoms with Gasteiger partial charge in [0.05, 0.1) is 19.6 Å². The first-order valence-corrected chi connectivity index (χ1v) is 4.15. The fourth-order valence-corrected chi connectivity index (χ4v) is 1.06. The molecule has 0 aliphatic heterocycles. The molecule has 0 aromatic heterocycles. The van der Waals surface area contributed by atoms with Crippen molar-refractivity contribution in [1.29, 1.82) is 5.26 Å². The van der Waals surface area contributed by atoms with E-state index in [4.69, 9.17) is 10.00 Å². The summed E-state index contributed by atoms with van der Waals surface area (Å²) in [6.45, 7) is 0. The highest BCUT2D eigenvalue weighted by atomic mass is 19.1. The molecule has 0 atom stereocenters. The molecule has 0 saturated heterocycles. The van der Waals surface area contributed by atoms with E-state index in [9.17, 15) is 4.39 Å². The van der Waals surface area contributed by atoms with Gasteiger partial charge < -0.3 is 4.74 Å². The van der Waals surface area contributed by atoms with E-state index in [1.165, 1.54) is 19.2 Å². The average Bonchev–Trinajstić information content (AvgIpc) is 2.20. The van der Waals surface area contributed by atoms with Gasteiger partial charge in [-0.1, -0.05) is 12.2 Å². The van der Waals surface area contributed by atoms with Crippen molar-refractivity contribution in [1.82, 2.24) is 0 Å². The maximum atomic E-state index is 12.8. The molecule has 1 aromatic rings. The van der Waals surface area contributed by atoms with Crippen molar-refractivity contribution in [2.24, 2.45) is 0 Å². The van der Waals surface area contributed by atoms with Crippen LogP contribution < -0.4 is 4.74 Å². The zero-order chi connectivity index (χ0) is 10.4. The lowest BCUT2D eigenvalue weighted by Crippen LogP contribution is -1.87. The summed E-state index contributed by atoms with van der Waals surface area (Å²) in [6, 6.07) is 6.27. The SMILES string of the molecule is COc1cc(F)ccc1C=CCC#N. The van der Waals surface area contributed by atoms with E-state index in [1.807, 2.05) is 6.07 Å². The molecule has 0 saturated carbocycles. The van der Waals surface area contributed by atoms with Crippen LogP contribution in [-0.2, 0) is 0 Å². The van der Waals surface area contributed by atoms with Gasteiger partial charge in [0.25, 0.3) is 0 Å². The predicted molar refractivity (Wildman–Crippen MR) is 52.2 cm³/mol. The summed E-state index contributed by atoms with van der Waals surface area (Å²) in [4.78, 5) is 0. The molecule has 0 N–H and O–H groups in total. The molecule has 0 bridgehead atoms. The van der Waals surface area contributed by atoms with Crippen molar-refractivity contribution in [3.8, 4) is 11.8 Å². The molecule has 72 valence electrons. The van der Waals surface area contributed by atoms with Gasteiger partial charge in [-0.3, -0.25) is 0 Å². The van der Waals surface area contributed by atoms with Crippen molar-refractivity contribution in [3.63, 3.8) is 0 Å². The summed E-state index contributed by atoms with van der Waals surface area (Å²) in [6.07, 6.45) is 3.78. The Balaban J connectivity index is 2.92. The van der Waals surface area contributed by atoms with Crippen molar-refractivity contribution in [2.75, 3.05) is 7.11 Å². The van der Waals surface area contributed by atoms with Gasteiger partial charge in [0.15, 0.2) is 0 Å². The van der Waals surface area contributed by atoms with Crippen LogP contribution in [0.15, 0.2) is 24.3 Å². The third kappa shape index (κ3) is 2.60. The number of ether oxygens (including phenoxy) is 1. The zero-order valence-electron chi connectivity index (χ0n) is 7.83. The van der Waals surface area contributed by atoms with Gasteiger partial charge in [0.2, 0.25) is 0 Å². The normalized spacial score (nSPS) is 10.1. The number of methoxy groups -OCH3 is 1. The number of hydrogen-bond donors (Lipinski definition) is 0. The highest BCUT2D eigenvalue weighted by Gasteiger charge is 2.00. The number of hydrogen-bond acceptors (Lipinski definition) is 2. The Bertz CT molecular complexity index is 379. The molecule has 0 fully saturated rings. The lowest BCUT2D eigenvalue weighted by molar-refractivity contribution is 0.410. The number of halogens is 1. The maximum absolute atomic E-state index is 12.8. The minimum absolute atomic E-state index is 0.334. The van der Waals surface area contributed by atoms with E-state index in [-0.39, 0.29) is 5.82 Å². The molecule has 1 aromatic carbocycles. The van der Waals surface area contributed by atoms with Crippen LogP contribution in [-0.4, -0.2) is 7.11 Å². The minimum atomic E-state index is -0.334. The Morgan fingerprint density at radius 1 is 1.57 bits per heavy atom. The summed E-state index contributed by atoms with van der Waals surface area (Å²) in [5.74, 6) is 0.137. The van der Waals surface area contributed by atoms with Crippen LogP contribution in [0.3, 0.4) is 0 Å². The maximum Gasteiger partial charge on any atom is 0.128 e. The molecule has 3 heteroatoms. The Hall–Kier alpha value is -1.82. The summed E-state index contributed by atoms with van der Waals surface area (Å²) in [5.41, 5.74) is 0.768. The lowest BCUT2D eigenvalue weighted by atomic mass is 10.1. The monoisotopic (exact) mass is 191 g/mol. The molecule has 1 rings (SSSR count). The quantitative estimate of drug-likeness (QED) is 0.735. The number of nitrogens with zero attached hydrogens (tertiary/aromatic N) is 1. The molecule has 0 spiro atoms. The van der Waals surface area contributed by atoms with Gasteiger partial charge in [-0.25, -0.2) is 4.39 Å². The van der Waals surface area contributed by atoms with E-state index >= 15 is 0 Å². The Kier molecular flexibility index (Phi) is 3.69. The van der Waals surface area contributed by atoms with Crippen LogP contribution in [0.4, 0.5) is 4.39 Å². The Morgan fingerprint density at radius 3 is 3.00 bits per heavy atom. The fourth-order valence-electron chi connectivity index (χ4n) is 1.06. The zero-order valence-corrected chi connectivity index (χ0v) is 7.83. The first kappa shape index (κ1) is 10.3. The molecule has 0 unspecified atom stereocenters. The van der Waals surface area contributed by atoms with Gasteiger partial charge in [0.1, 0.15) is 11.6 Å². The van der Waals surface area contributed by atoms with Gasteiger partial charge in [-0.15, -0.1) is 0 Å². The van der Waals surface area contributed by atoms with E-state index in [2.05, 4.69) is 0 Å². The lowest BCUT2D eigenvalue weighted by Gasteiger charge is -2.03. The minimum Gasteiger partial charge on any atom is -0.496 e. The molecular weight excluding hydrogens is 181 g/mol. The molecule has 0 aliphatic rings. The van der Waals surface area contributed by atoms with Crippen LogP contribution in [0.25, 0.3) is 6.08 Å². The number of nitriles is 1. The van der Waals surface area contributed by atoms with E-state index in [0.717, 1.165) is 5.56 Å². The van der Waals surface area contributed by atoms with Crippen LogP contribution in [0.2, 0.25) is 0 Å². The van der Waals surface area contributed by atoms with E-state index < -0.39 is 0 Å². The molecule has 14 heavy (non-hydrogen) atoms. The molecular formula is C11H10FNO. The standard InChI is InChI=1S/C11H10FNO/c1-14-11-8-10(12)6-5-9(11)4-2-3-7-13/h2,4-6,8H,3H2,1H3. The van der Waals surface area contributed by atoms with E-state index in [1.54, 1.807) is 18.2 Å². The van der Waals surface area contributed by atoms with Crippen LogP contribution in [0, 0.1) is 17.1 Å². The highest BCUT2D eigenvalue weighted by Crippen LogP contribution is 2.20. The Morgan fingerprint density at radius 2 is 2.36 bits per heavy atom. The summed E-state index contributed by atoms with van der Waals surface area (Å²) < 4.78 is 17.7. The van der Waals surface area contributed by atoms with Gasteiger partial charge >= 0.3 is 0 Å². The van der Waals surface area contributed by atoms with Crippen LogP contribution >= 0.6 is 0 Å². The molecule has 0 radical (unpaired) electrons. The average molecular weight is 191 g/mol. The molecule has 2 nitrogen and oxygen atoms in total. The largest absolute Gasteiger partial charge is 0.496 e. The number of benzene rings is 1. The summed E-state index contributed by atoms with van der Waals surface area (Å²) in [5, 5.41) is 8.32. The number of rotatable bonds is 3. The summed E-state index contributed by atoms with van der Waals surface area (Å²) in [7, 11) is 1.48. The molecule has 0 heterocycles.